The Morgan fingerprint density at radius 1 is 1.44 bits per heavy atom. The molecule has 1 unspecified atom stereocenters. The Morgan fingerprint density at radius 3 is 2.83 bits per heavy atom. The third kappa shape index (κ3) is 2.98. The summed E-state index contributed by atoms with van der Waals surface area (Å²) in [6, 6.07) is 6.33. The van der Waals surface area contributed by atoms with Crippen LogP contribution in [-0.4, -0.2) is 11.1 Å². The summed E-state index contributed by atoms with van der Waals surface area (Å²) in [5.74, 6) is -0.846. The molecule has 0 bridgehead atoms. The molecule has 0 aliphatic carbocycles. The van der Waals surface area contributed by atoms with Crippen LogP contribution >= 0.6 is 22.7 Å². The Morgan fingerprint density at radius 2 is 2.22 bits per heavy atom. The molecule has 2 rings (SSSR count). The molecule has 0 radical (unpaired) electrons. The maximum atomic E-state index is 11.0. The minimum Gasteiger partial charge on any atom is -0.477 e. The lowest BCUT2D eigenvalue weighted by Gasteiger charge is -2.11. The van der Waals surface area contributed by atoms with E-state index < -0.39 is 5.97 Å². The zero-order chi connectivity index (χ0) is 13.1. The molecule has 2 aromatic rings. The Bertz CT molecular complexity index is 545. The first-order chi connectivity index (χ1) is 8.58. The van der Waals surface area contributed by atoms with Crippen LogP contribution in [0.1, 0.15) is 38.0 Å². The van der Waals surface area contributed by atoms with E-state index in [-0.39, 0.29) is 6.04 Å². The van der Waals surface area contributed by atoms with E-state index in [4.69, 9.17) is 5.11 Å². The predicted molar refractivity (Wildman–Crippen MR) is 75.6 cm³/mol. The quantitative estimate of drug-likeness (QED) is 0.879. The second-order valence-electron chi connectivity index (χ2n) is 4.13. The van der Waals surface area contributed by atoms with Gasteiger partial charge in [0.2, 0.25) is 0 Å². The van der Waals surface area contributed by atoms with Crippen molar-refractivity contribution in [2.75, 3.05) is 0 Å². The maximum absolute atomic E-state index is 11.0. The first-order valence-corrected chi connectivity index (χ1v) is 7.37. The van der Waals surface area contributed by atoms with Crippen LogP contribution in [0.2, 0.25) is 0 Å². The lowest BCUT2D eigenvalue weighted by Crippen LogP contribution is -2.18. The minimum atomic E-state index is -0.846. The lowest BCUT2D eigenvalue weighted by atomic mass is 10.2. The van der Waals surface area contributed by atoms with Crippen LogP contribution in [0.3, 0.4) is 0 Å². The number of rotatable bonds is 5. The van der Waals surface area contributed by atoms with Crippen LogP contribution in [0.5, 0.6) is 0 Å². The molecule has 2 N–H and O–H groups in total. The van der Waals surface area contributed by atoms with Gasteiger partial charge in [0, 0.05) is 22.3 Å². The van der Waals surface area contributed by atoms with Gasteiger partial charge < -0.3 is 10.4 Å². The van der Waals surface area contributed by atoms with Gasteiger partial charge in [-0.3, -0.25) is 0 Å². The number of carbonyl (C=O) groups is 1. The molecule has 96 valence electrons. The predicted octanol–water partition coefficient (Wildman–Crippen LogP) is 3.67. The molecular weight excluding hydrogens is 266 g/mol. The molecule has 0 amide bonds. The summed E-state index contributed by atoms with van der Waals surface area (Å²) >= 11 is 3.04. The Hall–Kier alpha value is -1.17. The van der Waals surface area contributed by atoms with Gasteiger partial charge in [-0.1, -0.05) is 0 Å². The lowest BCUT2D eigenvalue weighted by molar-refractivity contribution is 0.0701. The SMILES string of the molecule is Cc1ccc(C(C)NCc2ccsc2C(=O)O)s1. The van der Waals surface area contributed by atoms with E-state index in [2.05, 4.69) is 31.3 Å². The number of aryl methyl sites for hydroxylation is 1. The van der Waals surface area contributed by atoms with E-state index in [0.717, 1.165) is 5.56 Å². The third-order valence-electron chi connectivity index (χ3n) is 2.73. The third-order valence-corrected chi connectivity index (χ3v) is 4.86. The first kappa shape index (κ1) is 13.3. The van der Waals surface area contributed by atoms with E-state index in [0.29, 0.717) is 11.4 Å². The van der Waals surface area contributed by atoms with Crippen LogP contribution in [0.25, 0.3) is 0 Å². The number of hydrogen-bond donors (Lipinski definition) is 2. The van der Waals surface area contributed by atoms with Crippen molar-refractivity contribution in [2.24, 2.45) is 0 Å². The molecule has 2 heterocycles. The van der Waals surface area contributed by atoms with Gasteiger partial charge in [0.25, 0.3) is 0 Å². The van der Waals surface area contributed by atoms with Crippen LogP contribution in [-0.2, 0) is 6.54 Å². The average molecular weight is 281 g/mol. The molecule has 0 spiro atoms. The van der Waals surface area contributed by atoms with E-state index in [1.54, 1.807) is 11.3 Å². The van der Waals surface area contributed by atoms with E-state index in [1.165, 1.54) is 21.1 Å². The molecule has 0 saturated carbocycles. The summed E-state index contributed by atoms with van der Waals surface area (Å²) < 4.78 is 0. The fraction of sp³-hybridized carbons (Fsp3) is 0.308. The fourth-order valence-corrected chi connectivity index (χ4v) is 3.38. The second kappa shape index (κ2) is 5.65. The van der Waals surface area contributed by atoms with E-state index in [9.17, 15) is 4.79 Å². The van der Waals surface area contributed by atoms with Crippen molar-refractivity contribution in [2.45, 2.75) is 26.4 Å². The normalized spacial score (nSPS) is 12.6. The molecule has 1 atom stereocenters. The zero-order valence-corrected chi connectivity index (χ0v) is 11.9. The second-order valence-corrected chi connectivity index (χ2v) is 6.37. The highest BCUT2D eigenvalue weighted by atomic mass is 32.1. The van der Waals surface area contributed by atoms with Crippen molar-refractivity contribution < 1.29 is 9.90 Å². The summed E-state index contributed by atoms with van der Waals surface area (Å²) in [5.41, 5.74) is 0.854. The van der Waals surface area contributed by atoms with Gasteiger partial charge in [-0.25, -0.2) is 4.79 Å². The molecule has 5 heteroatoms. The number of thiophene rings is 2. The molecule has 0 aliphatic heterocycles. The number of carboxylic acid groups (broad SMARTS) is 1. The zero-order valence-electron chi connectivity index (χ0n) is 10.3. The number of carboxylic acids is 1. The Balaban J connectivity index is 1.99. The standard InChI is InChI=1S/C13H15NO2S2/c1-8-3-4-11(18-8)9(2)14-7-10-5-6-17-12(10)13(15)16/h3-6,9,14H,7H2,1-2H3,(H,15,16). The average Bonchev–Trinajstić information content (AvgIpc) is 2.94. The van der Waals surface area contributed by atoms with Crippen molar-refractivity contribution in [1.29, 1.82) is 0 Å². The molecule has 0 aliphatic rings. The van der Waals surface area contributed by atoms with Crippen molar-refractivity contribution >= 4 is 28.6 Å². The summed E-state index contributed by atoms with van der Waals surface area (Å²) in [4.78, 5) is 14.0. The van der Waals surface area contributed by atoms with Gasteiger partial charge in [0.05, 0.1) is 0 Å². The highest BCUT2D eigenvalue weighted by molar-refractivity contribution is 7.12. The summed E-state index contributed by atoms with van der Waals surface area (Å²) in [7, 11) is 0. The van der Waals surface area contributed by atoms with Crippen LogP contribution < -0.4 is 5.32 Å². The van der Waals surface area contributed by atoms with Crippen molar-refractivity contribution in [3.05, 3.63) is 43.8 Å². The van der Waals surface area contributed by atoms with Gasteiger partial charge in [-0.15, -0.1) is 22.7 Å². The number of hydrogen-bond acceptors (Lipinski definition) is 4. The molecule has 3 nitrogen and oxygen atoms in total. The smallest absolute Gasteiger partial charge is 0.346 e. The topological polar surface area (TPSA) is 49.3 Å². The fourth-order valence-electron chi connectivity index (χ4n) is 1.71. The first-order valence-electron chi connectivity index (χ1n) is 5.67. The van der Waals surface area contributed by atoms with Crippen LogP contribution in [0.4, 0.5) is 0 Å². The number of aromatic carboxylic acids is 1. The summed E-state index contributed by atoms with van der Waals surface area (Å²) in [6.45, 7) is 4.77. The monoisotopic (exact) mass is 281 g/mol. The molecule has 0 fully saturated rings. The minimum absolute atomic E-state index is 0.241. The Labute approximate surface area is 114 Å². The molecular formula is C13H15NO2S2. The highest BCUT2D eigenvalue weighted by Gasteiger charge is 2.13. The van der Waals surface area contributed by atoms with Gasteiger partial charge in [-0.05, 0) is 43.0 Å². The van der Waals surface area contributed by atoms with E-state index >= 15 is 0 Å². The van der Waals surface area contributed by atoms with Gasteiger partial charge in [-0.2, -0.15) is 0 Å². The van der Waals surface area contributed by atoms with Crippen molar-refractivity contribution in [3.8, 4) is 0 Å². The van der Waals surface area contributed by atoms with E-state index in [1.807, 2.05) is 11.4 Å². The molecule has 2 aromatic heterocycles. The molecule has 0 saturated heterocycles. The maximum Gasteiger partial charge on any atom is 0.346 e. The number of nitrogens with one attached hydrogen (secondary N) is 1. The van der Waals surface area contributed by atoms with Crippen molar-refractivity contribution in [3.63, 3.8) is 0 Å². The molecule has 18 heavy (non-hydrogen) atoms. The summed E-state index contributed by atoms with van der Waals surface area (Å²) in [5, 5.41) is 14.2. The van der Waals surface area contributed by atoms with Gasteiger partial charge in [0.15, 0.2) is 0 Å². The van der Waals surface area contributed by atoms with Gasteiger partial charge in [0.1, 0.15) is 4.88 Å². The summed E-state index contributed by atoms with van der Waals surface area (Å²) in [6.07, 6.45) is 0. The van der Waals surface area contributed by atoms with Crippen molar-refractivity contribution in [1.82, 2.24) is 5.32 Å². The van der Waals surface area contributed by atoms with Crippen LogP contribution in [0, 0.1) is 6.92 Å². The highest BCUT2D eigenvalue weighted by Crippen LogP contribution is 2.23. The molecule has 0 aromatic carbocycles. The van der Waals surface area contributed by atoms with Gasteiger partial charge >= 0.3 is 5.97 Å². The Kier molecular flexibility index (Phi) is 4.16. The van der Waals surface area contributed by atoms with Crippen LogP contribution in [0.15, 0.2) is 23.6 Å². The largest absolute Gasteiger partial charge is 0.477 e.